The molecule has 3 aromatic rings. The molecule has 0 aromatic heterocycles. The molecule has 0 heterocycles. The highest BCUT2D eigenvalue weighted by Crippen LogP contribution is 2.39. The number of hydrogen-bond donors (Lipinski definition) is 0. The summed E-state index contributed by atoms with van der Waals surface area (Å²) in [4.78, 5) is 46.5. The van der Waals surface area contributed by atoms with Gasteiger partial charge in [-0.15, -0.1) is 0 Å². The maximum absolute atomic E-state index is 12.4. The van der Waals surface area contributed by atoms with Crippen molar-refractivity contribution in [1.82, 2.24) is 0 Å². The van der Waals surface area contributed by atoms with E-state index in [1.807, 2.05) is 0 Å². The molecule has 0 N–H and O–H groups in total. The molecule has 3 aromatic carbocycles. The van der Waals surface area contributed by atoms with Crippen LogP contribution in [0, 0.1) is 0 Å². The van der Waals surface area contributed by atoms with E-state index in [4.69, 9.17) is 28.4 Å². The van der Waals surface area contributed by atoms with E-state index < -0.39 is 23.9 Å². The van der Waals surface area contributed by atoms with E-state index in [0.29, 0.717) is 16.9 Å². The second-order valence-electron chi connectivity index (χ2n) is 8.43. The molecule has 212 valence electrons. The molecule has 0 atom stereocenters. The number of carbonyl (C=O) groups excluding carboxylic acids is 4. The van der Waals surface area contributed by atoms with Crippen LogP contribution in [0.1, 0.15) is 37.5 Å². The molecule has 0 spiro atoms. The Morgan fingerprint density at radius 1 is 0.537 bits per heavy atom. The molecule has 0 aliphatic heterocycles. The first-order chi connectivity index (χ1) is 19.6. The Labute approximate surface area is 236 Å². The fourth-order valence-electron chi connectivity index (χ4n) is 3.53. The molecule has 0 saturated carbocycles. The largest absolute Gasteiger partial charge is 0.493 e. The van der Waals surface area contributed by atoms with Gasteiger partial charge in [0.15, 0.2) is 11.5 Å². The molecular weight excluding hydrogens is 532 g/mol. The number of esters is 4. The van der Waals surface area contributed by atoms with E-state index in [1.165, 1.54) is 53.2 Å². The number of hydrogen-bond acceptors (Lipinski definition) is 10. The summed E-state index contributed by atoms with van der Waals surface area (Å²) in [7, 11) is 2.84. The lowest BCUT2D eigenvalue weighted by molar-refractivity contribution is -0.133. The average Bonchev–Trinajstić information content (AvgIpc) is 2.90. The van der Waals surface area contributed by atoms with Gasteiger partial charge in [-0.05, 0) is 59.2 Å². The minimum atomic E-state index is -0.615. The van der Waals surface area contributed by atoms with Crippen LogP contribution in [0.2, 0.25) is 0 Å². The van der Waals surface area contributed by atoms with Crippen molar-refractivity contribution in [3.8, 4) is 34.5 Å². The van der Waals surface area contributed by atoms with Crippen molar-refractivity contribution in [2.75, 3.05) is 14.2 Å². The summed E-state index contributed by atoms with van der Waals surface area (Å²) in [5.74, 6) is -0.689. The minimum absolute atomic E-state index is 0.137. The number of methoxy groups -OCH3 is 2. The SMILES string of the molecule is COc1cc(C=CC(=O)Oc2ccc(C=Cc3cc(OC(C)=O)cc(OC(C)=O)c3)cc2)cc(OC)c1OC(C)=O. The molecule has 0 radical (unpaired) electrons. The van der Waals surface area contributed by atoms with Gasteiger partial charge in [-0.2, -0.15) is 0 Å². The van der Waals surface area contributed by atoms with Crippen molar-refractivity contribution in [2.24, 2.45) is 0 Å². The Morgan fingerprint density at radius 3 is 1.51 bits per heavy atom. The first-order valence-electron chi connectivity index (χ1n) is 12.2. The zero-order valence-electron chi connectivity index (χ0n) is 23.1. The summed E-state index contributed by atoms with van der Waals surface area (Å²) in [5.41, 5.74) is 1.98. The maximum Gasteiger partial charge on any atom is 0.336 e. The van der Waals surface area contributed by atoms with Crippen LogP contribution in [0.4, 0.5) is 0 Å². The van der Waals surface area contributed by atoms with E-state index in [9.17, 15) is 19.2 Å². The lowest BCUT2D eigenvalue weighted by Gasteiger charge is -2.13. The normalized spacial score (nSPS) is 10.8. The van der Waals surface area contributed by atoms with E-state index in [-0.39, 0.29) is 28.7 Å². The smallest absolute Gasteiger partial charge is 0.336 e. The van der Waals surface area contributed by atoms with Gasteiger partial charge in [0.1, 0.15) is 17.2 Å². The summed E-state index contributed by atoms with van der Waals surface area (Å²) in [5, 5.41) is 0. The van der Waals surface area contributed by atoms with Crippen LogP contribution < -0.4 is 28.4 Å². The molecule has 0 saturated heterocycles. The van der Waals surface area contributed by atoms with Crippen molar-refractivity contribution in [3.63, 3.8) is 0 Å². The van der Waals surface area contributed by atoms with Gasteiger partial charge in [0.05, 0.1) is 14.2 Å². The first-order valence-corrected chi connectivity index (χ1v) is 12.2. The molecule has 3 rings (SSSR count). The number of ether oxygens (including phenoxy) is 6. The van der Waals surface area contributed by atoms with Gasteiger partial charge in [-0.25, -0.2) is 4.79 Å². The van der Waals surface area contributed by atoms with Crippen molar-refractivity contribution in [1.29, 1.82) is 0 Å². The highest BCUT2D eigenvalue weighted by Gasteiger charge is 2.15. The monoisotopic (exact) mass is 560 g/mol. The highest BCUT2D eigenvalue weighted by atomic mass is 16.6. The molecule has 0 fully saturated rings. The summed E-state index contributed by atoms with van der Waals surface area (Å²) in [6, 6.07) is 14.6. The third kappa shape index (κ3) is 9.39. The lowest BCUT2D eigenvalue weighted by atomic mass is 10.1. The molecule has 41 heavy (non-hydrogen) atoms. The minimum Gasteiger partial charge on any atom is -0.493 e. The van der Waals surface area contributed by atoms with Gasteiger partial charge in [0.25, 0.3) is 0 Å². The quantitative estimate of drug-likeness (QED) is 0.140. The molecule has 0 amide bonds. The van der Waals surface area contributed by atoms with Gasteiger partial charge in [0.2, 0.25) is 5.75 Å². The van der Waals surface area contributed by atoms with Crippen LogP contribution in [0.5, 0.6) is 34.5 Å². The highest BCUT2D eigenvalue weighted by molar-refractivity contribution is 5.89. The molecule has 10 nitrogen and oxygen atoms in total. The van der Waals surface area contributed by atoms with Crippen LogP contribution in [-0.4, -0.2) is 38.1 Å². The van der Waals surface area contributed by atoms with Crippen LogP contribution in [0.15, 0.2) is 60.7 Å². The van der Waals surface area contributed by atoms with Crippen molar-refractivity contribution >= 4 is 42.1 Å². The molecule has 0 unspecified atom stereocenters. The van der Waals surface area contributed by atoms with E-state index in [1.54, 1.807) is 60.7 Å². The Balaban J connectivity index is 1.69. The molecule has 0 aliphatic carbocycles. The molecule has 10 heteroatoms. The summed E-state index contributed by atoms with van der Waals surface area (Å²) in [6.45, 7) is 3.81. The Morgan fingerprint density at radius 2 is 1.02 bits per heavy atom. The number of benzene rings is 3. The van der Waals surface area contributed by atoms with Crippen molar-refractivity contribution < 1.29 is 47.6 Å². The standard InChI is InChI=1S/C31H28O10/c1-19(32)38-26-14-23(15-27(18-26)39-20(2)33)7-6-22-8-11-25(12-9-22)41-30(35)13-10-24-16-28(36-4)31(40-21(3)34)29(17-24)37-5/h6-18H,1-5H3. The van der Waals surface area contributed by atoms with Crippen molar-refractivity contribution in [2.45, 2.75) is 20.8 Å². The van der Waals surface area contributed by atoms with Crippen LogP contribution in [-0.2, 0) is 19.2 Å². The Kier molecular flexibility index (Phi) is 10.4. The number of carbonyl (C=O) groups is 4. The Bertz CT molecular complexity index is 1440. The van der Waals surface area contributed by atoms with Crippen LogP contribution >= 0.6 is 0 Å². The van der Waals surface area contributed by atoms with E-state index >= 15 is 0 Å². The average molecular weight is 561 g/mol. The van der Waals surface area contributed by atoms with Gasteiger partial charge in [0, 0.05) is 32.9 Å². The predicted molar refractivity (Wildman–Crippen MR) is 150 cm³/mol. The fourth-order valence-corrected chi connectivity index (χ4v) is 3.53. The molecule has 0 bridgehead atoms. The van der Waals surface area contributed by atoms with Gasteiger partial charge < -0.3 is 28.4 Å². The third-order valence-corrected chi connectivity index (χ3v) is 5.13. The Hall–Kier alpha value is -5.38. The number of rotatable bonds is 10. The van der Waals surface area contributed by atoms with Crippen molar-refractivity contribution in [3.05, 3.63) is 77.4 Å². The molecular formula is C31H28O10. The van der Waals surface area contributed by atoms with Crippen LogP contribution in [0.3, 0.4) is 0 Å². The summed E-state index contributed by atoms with van der Waals surface area (Å²) < 4.78 is 31.3. The first kappa shape index (κ1) is 30.2. The van der Waals surface area contributed by atoms with Gasteiger partial charge in [-0.1, -0.05) is 24.3 Å². The lowest BCUT2D eigenvalue weighted by Crippen LogP contribution is -2.05. The maximum atomic E-state index is 12.4. The second-order valence-corrected chi connectivity index (χ2v) is 8.43. The molecule has 0 aliphatic rings. The third-order valence-electron chi connectivity index (χ3n) is 5.13. The predicted octanol–water partition coefficient (Wildman–Crippen LogP) is 5.27. The van der Waals surface area contributed by atoms with Gasteiger partial charge in [-0.3, -0.25) is 14.4 Å². The zero-order chi connectivity index (χ0) is 29.9. The zero-order valence-corrected chi connectivity index (χ0v) is 23.1. The van der Waals surface area contributed by atoms with E-state index in [2.05, 4.69) is 0 Å². The summed E-state index contributed by atoms with van der Waals surface area (Å²) >= 11 is 0. The fraction of sp³-hybridized carbons (Fsp3) is 0.161. The second kappa shape index (κ2) is 14.1. The topological polar surface area (TPSA) is 124 Å². The van der Waals surface area contributed by atoms with Gasteiger partial charge >= 0.3 is 23.9 Å². The van der Waals surface area contributed by atoms with E-state index in [0.717, 1.165) is 5.56 Å². The summed E-state index contributed by atoms with van der Waals surface area (Å²) in [6.07, 6.45) is 6.29. The van der Waals surface area contributed by atoms with Crippen LogP contribution in [0.25, 0.3) is 18.2 Å².